The number of H-pyrrole nitrogens is 2. The van der Waals surface area contributed by atoms with E-state index in [9.17, 15) is 9.59 Å². The van der Waals surface area contributed by atoms with Gasteiger partial charge in [0.2, 0.25) is 11.1 Å². The fourth-order valence-corrected chi connectivity index (χ4v) is 3.98. The molecule has 2 aromatic carbocycles. The van der Waals surface area contributed by atoms with Gasteiger partial charge in [0, 0.05) is 22.9 Å². The second kappa shape index (κ2) is 6.23. The monoisotopic (exact) mass is 358 g/mol. The molecule has 0 saturated carbocycles. The van der Waals surface area contributed by atoms with Gasteiger partial charge in [-0.05, 0) is 79.6 Å². The van der Waals surface area contributed by atoms with Gasteiger partial charge in [-0.25, -0.2) is 0 Å². The third-order valence-electron chi connectivity index (χ3n) is 5.24. The average molecular weight is 358 g/mol. The van der Waals surface area contributed by atoms with Gasteiger partial charge >= 0.3 is 0 Å². The van der Waals surface area contributed by atoms with E-state index in [1.165, 1.54) is 11.1 Å². The quantitative estimate of drug-likeness (QED) is 0.564. The molecule has 0 spiro atoms. The summed E-state index contributed by atoms with van der Waals surface area (Å²) in [6.07, 6.45) is 0.796. The Hall–Kier alpha value is -3.14. The molecule has 0 amide bonds. The van der Waals surface area contributed by atoms with Gasteiger partial charge in [0.25, 0.3) is 0 Å². The van der Waals surface area contributed by atoms with Crippen LogP contribution >= 0.6 is 0 Å². The number of rotatable bonds is 2. The molecule has 0 saturated heterocycles. The van der Waals surface area contributed by atoms with Crippen LogP contribution in [0.15, 0.2) is 46.0 Å². The molecule has 0 unspecified atom stereocenters. The first-order valence-corrected chi connectivity index (χ1v) is 9.08. The number of aromatic amines is 2. The van der Waals surface area contributed by atoms with E-state index in [1.807, 2.05) is 27.7 Å². The van der Waals surface area contributed by atoms with E-state index in [-0.39, 0.29) is 11.1 Å². The summed E-state index contributed by atoms with van der Waals surface area (Å²) in [5, 5.41) is 2.17. The fourth-order valence-electron chi connectivity index (χ4n) is 3.98. The molecule has 4 rings (SSSR count). The van der Waals surface area contributed by atoms with Crippen molar-refractivity contribution < 1.29 is 0 Å². The topological polar surface area (TPSA) is 65.7 Å². The lowest BCUT2D eigenvalue weighted by Gasteiger charge is -2.12. The predicted molar refractivity (Wildman–Crippen MR) is 111 cm³/mol. The average Bonchev–Trinajstić information content (AvgIpc) is 2.57. The Kier molecular flexibility index (Phi) is 3.99. The van der Waals surface area contributed by atoms with Crippen LogP contribution in [-0.2, 0) is 6.42 Å². The highest BCUT2D eigenvalue weighted by Gasteiger charge is 2.09. The molecule has 2 N–H and O–H groups in total. The number of hydrogen-bond donors (Lipinski definition) is 2. The van der Waals surface area contributed by atoms with Gasteiger partial charge in [0.05, 0.1) is 11.0 Å². The number of pyridine rings is 2. The number of benzene rings is 2. The Balaban J connectivity index is 1.85. The Morgan fingerprint density at radius 1 is 0.593 bits per heavy atom. The van der Waals surface area contributed by atoms with E-state index in [0.717, 1.165) is 50.5 Å². The highest BCUT2D eigenvalue weighted by atomic mass is 16.1. The summed E-state index contributed by atoms with van der Waals surface area (Å²) in [6, 6.07) is 11.9. The minimum Gasteiger partial charge on any atom is -0.322 e. The van der Waals surface area contributed by atoms with Crippen LogP contribution in [0.2, 0.25) is 0 Å². The van der Waals surface area contributed by atoms with Crippen LogP contribution in [0.25, 0.3) is 21.8 Å². The molecule has 0 atom stereocenters. The van der Waals surface area contributed by atoms with Crippen molar-refractivity contribution in [2.24, 2.45) is 0 Å². The van der Waals surface area contributed by atoms with Gasteiger partial charge in [-0.1, -0.05) is 12.1 Å². The van der Waals surface area contributed by atoms with E-state index < -0.39 is 0 Å². The minimum atomic E-state index is -0.0644. The highest BCUT2D eigenvalue weighted by Crippen LogP contribution is 2.25. The third kappa shape index (κ3) is 3.08. The second-order valence-electron chi connectivity index (χ2n) is 7.48. The molecule has 0 bridgehead atoms. The molecule has 4 heteroatoms. The summed E-state index contributed by atoms with van der Waals surface area (Å²) in [6.45, 7) is 8.00. The van der Waals surface area contributed by atoms with Crippen LogP contribution in [0.1, 0.15) is 33.4 Å². The Bertz CT molecular complexity index is 1220. The lowest BCUT2D eigenvalue weighted by atomic mass is 9.95. The Labute approximate surface area is 156 Å². The summed E-state index contributed by atoms with van der Waals surface area (Å²) in [4.78, 5) is 29.4. The van der Waals surface area contributed by atoms with E-state index in [1.54, 1.807) is 12.1 Å². The van der Waals surface area contributed by atoms with Gasteiger partial charge in [-0.2, -0.15) is 0 Å². The Morgan fingerprint density at radius 2 is 1.00 bits per heavy atom. The molecule has 0 aliphatic heterocycles. The van der Waals surface area contributed by atoms with Crippen molar-refractivity contribution in [3.05, 3.63) is 90.5 Å². The summed E-state index contributed by atoms with van der Waals surface area (Å²) in [7, 11) is 0. The molecule has 0 aliphatic rings. The SMILES string of the molecule is Cc1cc(=O)[nH]c2c(C)cc(Cc3cc(C)c4[nH]c(=O)cc(C)c4c3)cc12. The molecule has 0 fully saturated rings. The van der Waals surface area contributed by atoms with Crippen molar-refractivity contribution in [3.63, 3.8) is 0 Å². The molecule has 136 valence electrons. The maximum atomic E-state index is 11.8. The largest absolute Gasteiger partial charge is 0.322 e. The zero-order valence-corrected chi connectivity index (χ0v) is 16.0. The van der Waals surface area contributed by atoms with E-state index in [0.29, 0.717) is 0 Å². The number of nitrogens with one attached hydrogen (secondary N) is 2. The molecule has 4 aromatic rings. The number of hydrogen-bond acceptors (Lipinski definition) is 2. The van der Waals surface area contributed by atoms with Crippen LogP contribution in [0.3, 0.4) is 0 Å². The molecular formula is C23H22N2O2. The van der Waals surface area contributed by atoms with Crippen LogP contribution in [0.5, 0.6) is 0 Å². The maximum Gasteiger partial charge on any atom is 0.248 e. The van der Waals surface area contributed by atoms with Gasteiger partial charge in [0.1, 0.15) is 0 Å². The standard InChI is InChI=1S/C23H22N2O2/c1-12-7-20(26)24-22-14(3)5-16(10-18(12)22)9-17-6-15(4)23-19(11-17)13(2)8-21(27)25-23/h5-8,10-11H,9H2,1-4H3,(H,24,26)(H,25,27). The molecule has 2 heterocycles. The van der Waals surface area contributed by atoms with Crippen LogP contribution in [0, 0.1) is 27.7 Å². The highest BCUT2D eigenvalue weighted by molar-refractivity contribution is 5.86. The molecule has 27 heavy (non-hydrogen) atoms. The van der Waals surface area contributed by atoms with Crippen molar-refractivity contribution >= 4 is 21.8 Å². The van der Waals surface area contributed by atoms with Crippen molar-refractivity contribution in [2.75, 3.05) is 0 Å². The van der Waals surface area contributed by atoms with Gasteiger partial charge in [-0.15, -0.1) is 0 Å². The molecule has 0 radical (unpaired) electrons. The summed E-state index contributed by atoms with van der Waals surface area (Å²) in [5.41, 5.74) is 8.22. The molecular weight excluding hydrogens is 336 g/mol. The second-order valence-corrected chi connectivity index (χ2v) is 7.48. The van der Waals surface area contributed by atoms with E-state index >= 15 is 0 Å². The normalized spacial score (nSPS) is 11.4. The van der Waals surface area contributed by atoms with Crippen LogP contribution in [-0.4, -0.2) is 9.97 Å². The number of fused-ring (bicyclic) bond motifs is 2. The van der Waals surface area contributed by atoms with Gasteiger partial charge in [0.15, 0.2) is 0 Å². The zero-order valence-electron chi connectivity index (χ0n) is 16.0. The maximum absolute atomic E-state index is 11.8. The zero-order chi connectivity index (χ0) is 19.3. The van der Waals surface area contributed by atoms with Crippen LogP contribution in [0.4, 0.5) is 0 Å². The lowest BCUT2D eigenvalue weighted by molar-refractivity contribution is 1.17. The van der Waals surface area contributed by atoms with Crippen molar-refractivity contribution in [1.29, 1.82) is 0 Å². The first kappa shape index (κ1) is 17.3. The first-order chi connectivity index (χ1) is 12.8. The van der Waals surface area contributed by atoms with Crippen molar-refractivity contribution in [3.8, 4) is 0 Å². The molecule has 0 aliphatic carbocycles. The summed E-state index contributed by atoms with van der Waals surface area (Å²) in [5.74, 6) is 0. The first-order valence-electron chi connectivity index (χ1n) is 9.08. The minimum absolute atomic E-state index is 0.0644. The smallest absolute Gasteiger partial charge is 0.248 e. The van der Waals surface area contributed by atoms with Gasteiger partial charge in [-0.3, -0.25) is 9.59 Å². The molecule has 4 nitrogen and oxygen atoms in total. The van der Waals surface area contributed by atoms with E-state index in [4.69, 9.17) is 0 Å². The third-order valence-corrected chi connectivity index (χ3v) is 5.24. The van der Waals surface area contributed by atoms with Crippen LogP contribution < -0.4 is 11.1 Å². The van der Waals surface area contributed by atoms with Crippen molar-refractivity contribution in [2.45, 2.75) is 34.1 Å². The number of aromatic nitrogens is 2. The Morgan fingerprint density at radius 3 is 1.41 bits per heavy atom. The number of aryl methyl sites for hydroxylation is 4. The fraction of sp³-hybridized carbons (Fsp3) is 0.217. The van der Waals surface area contributed by atoms with Gasteiger partial charge < -0.3 is 9.97 Å². The summed E-state index contributed by atoms with van der Waals surface area (Å²) >= 11 is 0. The predicted octanol–water partition coefficient (Wildman–Crippen LogP) is 4.19. The summed E-state index contributed by atoms with van der Waals surface area (Å²) < 4.78 is 0. The lowest BCUT2D eigenvalue weighted by Crippen LogP contribution is -2.07. The molecule has 2 aromatic heterocycles. The van der Waals surface area contributed by atoms with E-state index in [2.05, 4.69) is 34.2 Å². The van der Waals surface area contributed by atoms with Crippen molar-refractivity contribution in [1.82, 2.24) is 9.97 Å².